The third-order valence-corrected chi connectivity index (χ3v) is 4.37. The molecule has 2 heterocycles. The Morgan fingerprint density at radius 1 is 1.35 bits per heavy atom. The first-order valence-corrected chi connectivity index (χ1v) is 8.91. The highest BCUT2D eigenvalue weighted by molar-refractivity contribution is 5.79. The molecule has 1 aliphatic heterocycles. The van der Waals surface area contributed by atoms with E-state index in [1.165, 1.54) is 19.4 Å². The number of hydrogen-bond donors (Lipinski definition) is 2. The van der Waals surface area contributed by atoms with Crippen molar-refractivity contribution < 1.29 is 0 Å². The Labute approximate surface area is 139 Å². The summed E-state index contributed by atoms with van der Waals surface area (Å²) in [6, 6.07) is 0.597. The summed E-state index contributed by atoms with van der Waals surface area (Å²) < 4.78 is 2.09. The van der Waals surface area contributed by atoms with Crippen LogP contribution in [0.5, 0.6) is 0 Å². The first-order chi connectivity index (χ1) is 11.3. The first kappa shape index (κ1) is 17.7. The smallest absolute Gasteiger partial charge is 0.191 e. The van der Waals surface area contributed by atoms with Gasteiger partial charge in [-0.1, -0.05) is 13.8 Å². The van der Waals surface area contributed by atoms with Crippen LogP contribution >= 0.6 is 0 Å². The van der Waals surface area contributed by atoms with Crippen LogP contribution in [0.3, 0.4) is 0 Å². The number of aryl methyl sites for hydroxylation is 1. The van der Waals surface area contributed by atoms with Gasteiger partial charge < -0.3 is 15.2 Å². The molecule has 7 heteroatoms. The zero-order chi connectivity index (χ0) is 16.5. The van der Waals surface area contributed by atoms with E-state index < -0.39 is 0 Å². The number of hydrogen-bond acceptors (Lipinski definition) is 4. The minimum Gasteiger partial charge on any atom is -0.357 e. The molecule has 130 valence electrons. The highest BCUT2D eigenvalue weighted by Crippen LogP contribution is 2.16. The van der Waals surface area contributed by atoms with Crippen LogP contribution in [0.25, 0.3) is 0 Å². The number of likely N-dealkylation sites (N-methyl/N-ethyl adjacent to an activating group) is 1. The van der Waals surface area contributed by atoms with Crippen LogP contribution in [0.1, 0.15) is 39.4 Å². The second kappa shape index (κ2) is 9.50. The molecular formula is C16H31N7. The molecule has 0 spiro atoms. The quantitative estimate of drug-likeness (QED) is 0.549. The van der Waals surface area contributed by atoms with Crippen LogP contribution in [-0.4, -0.2) is 64.4 Å². The zero-order valence-electron chi connectivity index (χ0n) is 14.8. The maximum Gasteiger partial charge on any atom is 0.191 e. The van der Waals surface area contributed by atoms with Crippen LogP contribution in [0.4, 0.5) is 0 Å². The maximum atomic E-state index is 4.77. The van der Waals surface area contributed by atoms with E-state index in [9.17, 15) is 0 Å². The van der Waals surface area contributed by atoms with E-state index in [0.717, 1.165) is 50.9 Å². The Bertz CT molecular complexity index is 483. The maximum absolute atomic E-state index is 4.77. The molecule has 7 nitrogen and oxygen atoms in total. The van der Waals surface area contributed by atoms with Crippen LogP contribution in [0, 0.1) is 0 Å². The van der Waals surface area contributed by atoms with Crippen molar-refractivity contribution in [3.63, 3.8) is 0 Å². The Kier molecular flexibility index (Phi) is 7.32. The van der Waals surface area contributed by atoms with Crippen molar-refractivity contribution in [1.29, 1.82) is 0 Å². The van der Waals surface area contributed by atoms with Crippen molar-refractivity contribution >= 4 is 5.96 Å². The van der Waals surface area contributed by atoms with Gasteiger partial charge in [0, 0.05) is 32.1 Å². The third kappa shape index (κ3) is 5.20. The van der Waals surface area contributed by atoms with Gasteiger partial charge in [-0.25, -0.2) is 0 Å². The number of rotatable bonds is 8. The summed E-state index contributed by atoms with van der Waals surface area (Å²) in [4.78, 5) is 7.29. The molecule has 1 saturated heterocycles. The molecule has 0 saturated carbocycles. The van der Waals surface area contributed by atoms with Gasteiger partial charge in [0.1, 0.15) is 12.2 Å². The molecule has 1 aromatic rings. The Morgan fingerprint density at radius 3 is 2.96 bits per heavy atom. The predicted molar refractivity (Wildman–Crippen MR) is 93.7 cm³/mol. The summed E-state index contributed by atoms with van der Waals surface area (Å²) >= 11 is 0. The van der Waals surface area contributed by atoms with Gasteiger partial charge in [-0.3, -0.25) is 9.89 Å². The lowest BCUT2D eigenvalue weighted by molar-refractivity contribution is 0.273. The first-order valence-electron chi connectivity index (χ1n) is 8.91. The van der Waals surface area contributed by atoms with Crippen molar-refractivity contribution in [2.45, 2.75) is 52.6 Å². The molecule has 0 bridgehead atoms. The van der Waals surface area contributed by atoms with Crippen molar-refractivity contribution in [3.8, 4) is 0 Å². The molecule has 1 aromatic heterocycles. The molecule has 0 amide bonds. The van der Waals surface area contributed by atoms with E-state index >= 15 is 0 Å². The molecule has 0 aromatic carbocycles. The minimum atomic E-state index is 0.597. The lowest BCUT2D eigenvalue weighted by Crippen LogP contribution is -2.40. The van der Waals surface area contributed by atoms with Gasteiger partial charge in [-0.15, -0.1) is 10.2 Å². The van der Waals surface area contributed by atoms with Gasteiger partial charge >= 0.3 is 0 Å². The molecule has 1 atom stereocenters. The topological polar surface area (TPSA) is 70.4 Å². The number of nitrogens with one attached hydrogen (secondary N) is 2. The molecule has 2 rings (SSSR count). The van der Waals surface area contributed by atoms with Crippen LogP contribution < -0.4 is 10.6 Å². The Balaban J connectivity index is 1.82. The molecular weight excluding hydrogens is 290 g/mol. The van der Waals surface area contributed by atoms with Crippen molar-refractivity contribution in [3.05, 3.63) is 12.2 Å². The summed E-state index contributed by atoms with van der Waals surface area (Å²) in [5, 5.41) is 14.8. The number of aliphatic imine (C=N–C) groups is 1. The lowest BCUT2D eigenvalue weighted by Gasteiger charge is -2.21. The lowest BCUT2D eigenvalue weighted by atomic mass is 10.2. The molecule has 1 fully saturated rings. The highest BCUT2D eigenvalue weighted by atomic mass is 15.3. The van der Waals surface area contributed by atoms with Gasteiger partial charge in [0.2, 0.25) is 0 Å². The van der Waals surface area contributed by atoms with E-state index in [-0.39, 0.29) is 0 Å². The highest BCUT2D eigenvalue weighted by Gasteiger charge is 2.22. The van der Waals surface area contributed by atoms with E-state index in [0.29, 0.717) is 6.04 Å². The monoisotopic (exact) mass is 321 g/mol. The standard InChI is InChI=1S/C16H31N7/c1-4-15-21-20-13-23(15)11-9-18-16(17-5-2)19-12-14-8-7-10-22(14)6-3/h13-14H,4-12H2,1-3H3,(H2,17,18,19). The number of aromatic nitrogens is 3. The van der Waals surface area contributed by atoms with Gasteiger partial charge in [-0.05, 0) is 32.9 Å². The van der Waals surface area contributed by atoms with Crippen molar-refractivity contribution in [2.24, 2.45) is 4.99 Å². The largest absolute Gasteiger partial charge is 0.357 e. The molecule has 1 unspecified atom stereocenters. The fraction of sp³-hybridized carbons (Fsp3) is 0.812. The van der Waals surface area contributed by atoms with Crippen LogP contribution in [0.15, 0.2) is 11.3 Å². The predicted octanol–water partition coefficient (Wildman–Crippen LogP) is 0.880. The van der Waals surface area contributed by atoms with Gasteiger partial charge in [-0.2, -0.15) is 0 Å². The van der Waals surface area contributed by atoms with E-state index in [2.05, 4.69) is 51.1 Å². The Hall–Kier alpha value is -1.63. The molecule has 1 aliphatic rings. The SMILES string of the molecule is CCNC(=NCC1CCCN1CC)NCCn1cnnc1CC. The summed E-state index contributed by atoms with van der Waals surface area (Å²) in [7, 11) is 0. The second-order valence-electron chi connectivity index (χ2n) is 5.87. The fourth-order valence-corrected chi connectivity index (χ4v) is 3.09. The van der Waals surface area contributed by atoms with Crippen molar-refractivity contribution in [1.82, 2.24) is 30.3 Å². The summed E-state index contributed by atoms with van der Waals surface area (Å²) in [6.45, 7) is 12.2. The molecule has 23 heavy (non-hydrogen) atoms. The normalized spacial score (nSPS) is 19.3. The van der Waals surface area contributed by atoms with Crippen LogP contribution in [-0.2, 0) is 13.0 Å². The van der Waals surface area contributed by atoms with E-state index in [4.69, 9.17) is 4.99 Å². The fourth-order valence-electron chi connectivity index (χ4n) is 3.09. The second-order valence-corrected chi connectivity index (χ2v) is 5.87. The molecule has 0 radical (unpaired) electrons. The van der Waals surface area contributed by atoms with Crippen LogP contribution in [0.2, 0.25) is 0 Å². The molecule has 0 aliphatic carbocycles. The van der Waals surface area contributed by atoms with E-state index in [1.807, 2.05) is 0 Å². The van der Waals surface area contributed by atoms with Gasteiger partial charge in [0.25, 0.3) is 0 Å². The zero-order valence-corrected chi connectivity index (χ0v) is 14.8. The number of nitrogens with zero attached hydrogens (tertiary/aromatic N) is 5. The average molecular weight is 321 g/mol. The Morgan fingerprint density at radius 2 is 2.22 bits per heavy atom. The van der Waals surface area contributed by atoms with Gasteiger partial charge in [0.05, 0.1) is 6.54 Å². The summed E-state index contributed by atoms with van der Waals surface area (Å²) in [6.07, 6.45) is 5.26. The van der Waals surface area contributed by atoms with Crippen molar-refractivity contribution in [2.75, 3.05) is 32.7 Å². The number of likely N-dealkylation sites (tertiary alicyclic amines) is 1. The minimum absolute atomic E-state index is 0.597. The molecule has 2 N–H and O–H groups in total. The summed E-state index contributed by atoms with van der Waals surface area (Å²) in [5.41, 5.74) is 0. The van der Waals surface area contributed by atoms with E-state index in [1.54, 1.807) is 6.33 Å². The number of guanidine groups is 1. The average Bonchev–Trinajstić information content (AvgIpc) is 3.20. The van der Waals surface area contributed by atoms with Gasteiger partial charge in [0.15, 0.2) is 5.96 Å². The summed E-state index contributed by atoms with van der Waals surface area (Å²) in [5.74, 6) is 1.93. The third-order valence-electron chi connectivity index (χ3n) is 4.37.